The monoisotopic (exact) mass is 203 g/mol. The molecule has 0 bridgehead atoms. The van der Waals surface area contributed by atoms with Gasteiger partial charge in [0, 0.05) is 25.2 Å². The van der Waals surface area contributed by atoms with Crippen LogP contribution in [0.4, 0.5) is 0 Å². The summed E-state index contributed by atoms with van der Waals surface area (Å²) in [5.41, 5.74) is 0. The van der Waals surface area contributed by atoms with Gasteiger partial charge in [0.2, 0.25) is 0 Å². The fraction of sp³-hybridized carbons (Fsp3) is 1.00. The molecule has 1 heterocycles. The number of rotatable bonds is 7. The summed E-state index contributed by atoms with van der Waals surface area (Å²) in [4.78, 5) is 0. The zero-order valence-corrected chi connectivity index (χ0v) is 8.87. The number of hydrogen-bond acceptors (Lipinski definition) is 4. The fourth-order valence-electron chi connectivity index (χ4n) is 1.56. The van der Waals surface area contributed by atoms with E-state index in [2.05, 4.69) is 5.32 Å². The predicted octanol–water partition coefficient (Wildman–Crippen LogP) is 0.00990. The molecular formula is C10H21NO3. The maximum Gasteiger partial charge on any atom is 0.0620 e. The summed E-state index contributed by atoms with van der Waals surface area (Å²) >= 11 is 0. The van der Waals surface area contributed by atoms with Gasteiger partial charge in [-0.1, -0.05) is 0 Å². The van der Waals surface area contributed by atoms with E-state index < -0.39 is 0 Å². The molecule has 0 saturated carbocycles. The van der Waals surface area contributed by atoms with Crippen molar-refractivity contribution in [2.75, 3.05) is 40.1 Å². The molecule has 0 aliphatic carbocycles. The lowest BCUT2D eigenvalue weighted by Gasteiger charge is -2.16. The predicted molar refractivity (Wildman–Crippen MR) is 54.3 cm³/mol. The third-order valence-corrected chi connectivity index (χ3v) is 2.58. The molecule has 2 N–H and O–H groups in total. The first-order valence-electron chi connectivity index (χ1n) is 5.30. The molecule has 0 aromatic rings. The summed E-state index contributed by atoms with van der Waals surface area (Å²) < 4.78 is 10.8. The number of likely N-dealkylation sites (N-methyl/N-ethyl adjacent to an activating group) is 1. The zero-order valence-electron chi connectivity index (χ0n) is 8.87. The highest BCUT2D eigenvalue weighted by atomic mass is 16.5. The molecule has 1 fully saturated rings. The highest BCUT2D eigenvalue weighted by Crippen LogP contribution is 2.12. The summed E-state index contributed by atoms with van der Waals surface area (Å²) in [7, 11) is 1.89. The van der Waals surface area contributed by atoms with Gasteiger partial charge in [0.1, 0.15) is 0 Å². The maximum absolute atomic E-state index is 8.76. The number of aliphatic hydroxyl groups is 1. The van der Waals surface area contributed by atoms with Gasteiger partial charge >= 0.3 is 0 Å². The molecule has 0 radical (unpaired) electrons. The van der Waals surface area contributed by atoms with E-state index in [-0.39, 0.29) is 12.6 Å². The van der Waals surface area contributed by atoms with Crippen molar-refractivity contribution in [3.05, 3.63) is 0 Å². The summed E-state index contributed by atoms with van der Waals surface area (Å²) in [6.07, 6.45) is 1.86. The average molecular weight is 203 g/mol. The van der Waals surface area contributed by atoms with Crippen LogP contribution >= 0.6 is 0 Å². The molecule has 0 aromatic carbocycles. The highest BCUT2D eigenvalue weighted by molar-refractivity contribution is 4.66. The van der Waals surface area contributed by atoms with Crippen molar-refractivity contribution >= 4 is 0 Å². The lowest BCUT2D eigenvalue weighted by Crippen LogP contribution is -2.32. The number of hydrogen-bond donors (Lipinski definition) is 2. The van der Waals surface area contributed by atoms with Crippen molar-refractivity contribution < 1.29 is 14.6 Å². The van der Waals surface area contributed by atoms with Crippen LogP contribution in [0, 0.1) is 5.92 Å². The smallest absolute Gasteiger partial charge is 0.0620 e. The van der Waals surface area contributed by atoms with Gasteiger partial charge in [-0.3, -0.25) is 0 Å². The van der Waals surface area contributed by atoms with Gasteiger partial charge in [0.05, 0.1) is 19.8 Å². The third-order valence-electron chi connectivity index (χ3n) is 2.58. The van der Waals surface area contributed by atoms with E-state index in [1.54, 1.807) is 0 Å². The summed E-state index contributed by atoms with van der Waals surface area (Å²) in [6, 6.07) is 0.266. The minimum Gasteiger partial charge on any atom is -0.396 e. The largest absolute Gasteiger partial charge is 0.396 e. The minimum absolute atomic E-state index is 0.210. The van der Waals surface area contributed by atoms with Crippen LogP contribution in [-0.4, -0.2) is 51.2 Å². The van der Waals surface area contributed by atoms with E-state index in [4.69, 9.17) is 14.6 Å². The van der Waals surface area contributed by atoms with E-state index in [1.165, 1.54) is 0 Å². The Balaban J connectivity index is 2.00. The standard InChI is InChI=1S/C10H21NO3/c1-11-10(2-4-12)8-14-7-9-3-5-13-6-9/h9-12H,2-8H2,1H3. The minimum atomic E-state index is 0.210. The number of aliphatic hydroxyl groups excluding tert-OH is 1. The number of nitrogens with one attached hydrogen (secondary N) is 1. The average Bonchev–Trinajstić information content (AvgIpc) is 2.69. The third kappa shape index (κ3) is 4.37. The first-order valence-corrected chi connectivity index (χ1v) is 5.30. The molecule has 4 heteroatoms. The second-order valence-electron chi connectivity index (χ2n) is 3.76. The first-order chi connectivity index (χ1) is 6.86. The molecule has 14 heavy (non-hydrogen) atoms. The van der Waals surface area contributed by atoms with Crippen molar-refractivity contribution in [3.63, 3.8) is 0 Å². The normalized spacial score (nSPS) is 24.0. The molecule has 1 saturated heterocycles. The Morgan fingerprint density at radius 2 is 2.50 bits per heavy atom. The summed E-state index contributed by atoms with van der Waals surface area (Å²) in [5, 5.41) is 11.9. The van der Waals surface area contributed by atoms with Gasteiger partial charge in [0.15, 0.2) is 0 Å². The molecule has 1 rings (SSSR count). The van der Waals surface area contributed by atoms with Crippen LogP contribution in [0.2, 0.25) is 0 Å². The Labute approximate surface area is 85.6 Å². The molecule has 0 amide bonds. The Hall–Kier alpha value is -0.160. The molecular weight excluding hydrogens is 182 g/mol. The van der Waals surface area contributed by atoms with E-state index in [0.717, 1.165) is 32.7 Å². The van der Waals surface area contributed by atoms with Crippen LogP contribution in [0.25, 0.3) is 0 Å². The lowest BCUT2D eigenvalue weighted by atomic mass is 10.1. The fourth-order valence-corrected chi connectivity index (χ4v) is 1.56. The van der Waals surface area contributed by atoms with Gasteiger partial charge < -0.3 is 19.9 Å². The SMILES string of the molecule is CNC(CCO)COCC1CCOC1. The van der Waals surface area contributed by atoms with E-state index >= 15 is 0 Å². The van der Waals surface area contributed by atoms with Gasteiger partial charge in [-0.15, -0.1) is 0 Å². The van der Waals surface area contributed by atoms with Crippen molar-refractivity contribution in [1.29, 1.82) is 0 Å². The van der Waals surface area contributed by atoms with Gasteiger partial charge in [-0.25, -0.2) is 0 Å². The molecule has 2 unspecified atom stereocenters. The molecule has 0 spiro atoms. The molecule has 2 atom stereocenters. The molecule has 0 aromatic heterocycles. The Morgan fingerprint density at radius 3 is 3.07 bits per heavy atom. The maximum atomic E-state index is 8.76. The van der Waals surface area contributed by atoms with Gasteiger partial charge in [-0.2, -0.15) is 0 Å². The van der Waals surface area contributed by atoms with E-state index in [9.17, 15) is 0 Å². The second-order valence-corrected chi connectivity index (χ2v) is 3.76. The molecule has 1 aliphatic heterocycles. The lowest BCUT2D eigenvalue weighted by molar-refractivity contribution is 0.0705. The zero-order chi connectivity index (χ0) is 10.2. The molecule has 4 nitrogen and oxygen atoms in total. The van der Waals surface area contributed by atoms with Crippen LogP contribution in [0.3, 0.4) is 0 Å². The molecule has 1 aliphatic rings. The molecule has 84 valence electrons. The van der Waals surface area contributed by atoms with Crippen LogP contribution in [0.1, 0.15) is 12.8 Å². The van der Waals surface area contributed by atoms with Crippen LogP contribution < -0.4 is 5.32 Å². The topological polar surface area (TPSA) is 50.7 Å². The van der Waals surface area contributed by atoms with Crippen LogP contribution in [-0.2, 0) is 9.47 Å². The Bertz CT molecular complexity index is 137. The summed E-state index contributed by atoms with van der Waals surface area (Å²) in [5.74, 6) is 0.571. The van der Waals surface area contributed by atoms with Crippen LogP contribution in [0.5, 0.6) is 0 Å². The highest BCUT2D eigenvalue weighted by Gasteiger charge is 2.16. The Morgan fingerprint density at radius 1 is 1.64 bits per heavy atom. The number of ether oxygens (including phenoxy) is 2. The second kappa shape index (κ2) is 7.17. The van der Waals surface area contributed by atoms with Crippen molar-refractivity contribution in [3.8, 4) is 0 Å². The van der Waals surface area contributed by atoms with Crippen LogP contribution in [0.15, 0.2) is 0 Å². The van der Waals surface area contributed by atoms with Crippen molar-refractivity contribution in [2.24, 2.45) is 5.92 Å². The van der Waals surface area contributed by atoms with E-state index in [1.807, 2.05) is 7.05 Å². The summed E-state index contributed by atoms with van der Waals surface area (Å²) in [6.45, 7) is 3.38. The van der Waals surface area contributed by atoms with Gasteiger partial charge in [-0.05, 0) is 19.9 Å². The van der Waals surface area contributed by atoms with Crippen molar-refractivity contribution in [1.82, 2.24) is 5.32 Å². The Kier molecular flexibility index (Phi) is 6.10. The first kappa shape index (κ1) is 11.9. The van der Waals surface area contributed by atoms with E-state index in [0.29, 0.717) is 12.5 Å². The van der Waals surface area contributed by atoms with Crippen molar-refractivity contribution in [2.45, 2.75) is 18.9 Å². The van der Waals surface area contributed by atoms with Gasteiger partial charge in [0.25, 0.3) is 0 Å². The quantitative estimate of drug-likeness (QED) is 0.612.